The zero-order chi connectivity index (χ0) is 19.2. The average molecular weight is 379 g/mol. The van der Waals surface area contributed by atoms with Crippen molar-refractivity contribution in [2.24, 2.45) is 5.92 Å². The molecule has 1 aliphatic heterocycles. The molecule has 1 fully saturated rings. The summed E-state index contributed by atoms with van der Waals surface area (Å²) < 4.78 is 37.0. The van der Waals surface area contributed by atoms with Gasteiger partial charge in [0.25, 0.3) is 0 Å². The number of carbonyl (C=O) groups is 1. The fraction of sp³-hybridized carbons (Fsp3) is 0.438. The van der Waals surface area contributed by atoms with E-state index in [9.17, 15) is 18.0 Å². The number of hydrogen-bond donors (Lipinski definition) is 2. The Bertz CT molecular complexity index is 1020. The van der Waals surface area contributed by atoms with Crippen molar-refractivity contribution in [2.45, 2.75) is 19.5 Å². The highest BCUT2D eigenvalue weighted by molar-refractivity contribution is 6.07. The molecule has 142 valence electrons. The zero-order valence-electron chi connectivity index (χ0n) is 14.3. The Hall–Kier alpha value is -2.98. The molecule has 27 heavy (non-hydrogen) atoms. The maximum absolute atomic E-state index is 12.3. The predicted molar refractivity (Wildman–Crippen MR) is 91.1 cm³/mol. The van der Waals surface area contributed by atoms with Gasteiger partial charge in [-0.1, -0.05) is 0 Å². The van der Waals surface area contributed by atoms with Crippen molar-refractivity contribution in [3.8, 4) is 0 Å². The van der Waals surface area contributed by atoms with Gasteiger partial charge in [0.05, 0.1) is 11.3 Å². The van der Waals surface area contributed by atoms with Gasteiger partial charge in [0.2, 0.25) is 5.91 Å². The quantitative estimate of drug-likeness (QED) is 0.719. The van der Waals surface area contributed by atoms with Crippen LogP contribution in [0, 0.1) is 12.8 Å². The summed E-state index contributed by atoms with van der Waals surface area (Å²) in [5.41, 5.74) is 1.03. The normalized spacial score (nSPS) is 17.8. The molecular weight excluding hydrogens is 363 g/mol. The van der Waals surface area contributed by atoms with Gasteiger partial charge in [-0.3, -0.25) is 4.79 Å². The van der Waals surface area contributed by atoms with Gasteiger partial charge in [-0.15, -0.1) is 10.2 Å². The van der Waals surface area contributed by atoms with Gasteiger partial charge in [0.1, 0.15) is 18.2 Å². The summed E-state index contributed by atoms with van der Waals surface area (Å²) in [6.07, 6.45) is -2.35. The van der Waals surface area contributed by atoms with E-state index in [-0.39, 0.29) is 6.54 Å². The van der Waals surface area contributed by atoms with Crippen LogP contribution in [0.5, 0.6) is 0 Å². The third-order valence-corrected chi connectivity index (χ3v) is 4.55. The van der Waals surface area contributed by atoms with E-state index < -0.39 is 24.5 Å². The van der Waals surface area contributed by atoms with E-state index >= 15 is 0 Å². The molecule has 1 unspecified atom stereocenters. The summed E-state index contributed by atoms with van der Waals surface area (Å²) in [6, 6.07) is 1.81. The molecule has 0 aromatic carbocycles. The highest BCUT2D eigenvalue weighted by atomic mass is 19.4. The zero-order valence-corrected chi connectivity index (χ0v) is 14.3. The number of rotatable bonds is 3. The van der Waals surface area contributed by atoms with Gasteiger partial charge < -0.3 is 15.2 Å². The molecule has 0 radical (unpaired) electrons. The maximum atomic E-state index is 12.3. The summed E-state index contributed by atoms with van der Waals surface area (Å²) in [7, 11) is 0. The number of hydrogen-bond acceptors (Lipinski definition) is 6. The Morgan fingerprint density at radius 2 is 2.22 bits per heavy atom. The standard InChI is InChI=1S/C16H16F3N7O/c1-8-22-13-11(10-2-4-20-12(10)24-25-13)14(23-8)26-5-3-9(6-26)15(27)21-7-16(17,18)19/h2,4,9H,3,5-7H2,1H3,(H,21,27)(H,22,23,25). The smallest absolute Gasteiger partial charge is 0.355 e. The topological polar surface area (TPSA) is 99.7 Å². The minimum Gasteiger partial charge on any atom is -0.355 e. The number of halogens is 3. The molecule has 1 aliphatic rings. The summed E-state index contributed by atoms with van der Waals surface area (Å²) in [5, 5.41) is 11.7. The van der Waals surface area contributed by atoms with E-state index in [0.29, 0.717) is 35.9 Å². The highest BCUT2D eigenvalue weighted by Gasteiger charge is 2.33. The Kier molecular flexibility index (Phi) is 4.08. The van der Waals surface area contributed by atoms with Crippen LogP contribution in [0.25, 0.3) is 22.1 Å². The Labute approximate surface area is 151 Å². The van der Waals surface area contributed by atoms with Crippen LogP contribution in [0.3, 0.4) is 0 Å². The van der Waals surface area contributed by atoms with E-state index in [1.54, 1.807) is 13.1 Å². The third kappa shape index (κ3) is 3.36. The van der Waals surface area contributed by atoms with Crippen LogP contribution < -0.4 is 10.2 Å². The SMILES string of the molecule is Cc1nc(N2CCC(C(=O)NCC(F)(F)F)C2)c2c(nnc3nccc32)[nH]1. The van der Waals surface area contributed by atoms with E-state index in [2.05, 4.69) is 25.1 Å². The van der Waals surface area contributed by atoms with Crippen molar-refractivity contribution in [1.29, 1.82) is 0 Å². The Morgan fingerprint density at radius 3 is 3.00 bits per heavy atom. The maximum Gasteiger partial charge on any atom is 0.405 e. The molecule has 1 saturated heterocycles. The second kappa shape index (κ2) is 6.32. The number of fused-ring (bicyclic) bond motifs is 3. The summed E-state index contributed by atoms with van der Waals surface area (Å²) >= 11 is 0. The lowest BCUT2D eigenvalue weighted by Crippen LogP contribution is -2.38. The fourth-order valence-electron chi connectivity index (χ4n) is 3.33. The molecule has 11 heteroatoms. The van der Waals surface area contributed by atoms with Gasteiger partial charge in [-0.05, 0) is 19.4 Å². The summed E-state index contributed by atoms with van der Waals surface area (Å²) in [5.74, 6) is 0.117. The molecule has 1 atom stereocenters. The molecule has 0 saturated carbocycles. The van der Waals surface area contributed by atoms with E-state index in [1.807, 2.05) is 16.3 Å². The number of aromatic amines is 1. The fourth-order valence-corrected chi connectivity index (χ4v) is 3.33. The van der Waals surface area contributed by atoms with Crippen LogP contribution in [0.15, 0.2) is 12.3 Å². The number of aromatic nitrogens is 5. The molecular formula is C16H16F3N7O. The van der Waals surface area contributed by atoms with Gasteiger partial charge in [0, 0.05) is 24.7 Å². The van der Waals surface area contributed by atoms with Crippen molar-refractivity contribution in [3.05, 3.63) is 18.1 Å². The number of amides is 1. The van der Waals surface area contributed by atoms with Crippen LogP contribution in [-0.4, -0.2) is 56.9 Å². The molecule has 4 heterocycles. The van der Waals surface area contributed by atoms with Crippen molar-refractivity contribution >= 4 is 33.8 Å². The van der Waals surface area contributed by atoms with Crippen molar-refractivity contribution < 1.29 is 18.0 Å². The average Bonchev–Trinajstić information content (AvgIpc) is 3.27. The number of alkyl halides is 3. The van der Waals surface area contributed by atoms with Crippen molar-refractivity contribution in [1.82, 2.24) is 30.5 Å². The number of H-pyrrole nitrogens is 1. The predicted octanol–water partition coefficient (Wildman–Crippen LogP) is 1.71. The molecule has 4 rings (SSSR count). The van der Waals surface area contributed by atoms with Crippen LogP contribution in [-0.2, 0) is 4.79 Å². The number of nitrogens with one attached hydrogen (secondary N) is 2. The third-order valence-electron chi connectivity index (χ3n) is 4.55. The molecule has 8 nitrogen and oxygen atoms in total. The first-order valence-corrected chi connectivity index (χ1v) is 8.39. The lowest BCUT2D eigenvalue weighted by Gasteiger charge is -2.20. The molecule has 2 N–H and O–H groups in total. The first-order chi connectivity index (χ1) is 12.8. The number of anilines is 1. The van der Waals surface area contributed by atoms with E-state index in [1.165, 1.54) is 0 Å². The largest absolute Gasteiger partial charge is 0.405 e. The molecule has 3 aromatic rings. The van der Waals surface area contributed by atoms with Crippen LogP contribution in [0.2, 0.25) is 0 Å². The highest BCUT2D eigenvalue weighted by Crippen LogP contribution is 2.32. The number of nitrogens with zero attached hydrogens (tertiary/aromatic N) is 5. The Balaban J connectivity index is 1.63. The minimum absolute atomic E-state index is 0.285. The van der Waals surface area contributed by atoms with Crippen molar-refractivity contribution in [2.75, 3.05) is 24.5 Å². The number of aryl methyl sites for hydroxylation is 1. The van der Waals surface area contributed by atoms with Crippen LogP contribution in [0.1, 0.15) is 12.2 Å². The van der Waals surface area contributed by atoms with Gasteiger partial charge in [-0.25, -0.2) is 9.97 Å². The van der Waals surface area contributed by atoms with E-state index in [0.717, 1.165) is 10.8 Å². The van der Waals surface area contributed by atoms with Gasteiger partial charge in [0.15, 0.2) is 11.3 Å². The van der Waals surface area contributed by atoms with Crippen molar-refractivity contribution in [3.63, 3.8) is 0 Å². The summed E-state index contributed by atoms with van der Waals surface area (Å²) in [6.45, 7) is 1.25. The molecule has 0 spiro atoms. The van der Waals surface area contributed by atoms with Gasteiger partial charge >= 0.3 is 6.18 Å². The first-order valence-electron chi connectivity index (χ1n) is 8.39. The lowest BCUT2D eigenvalue weighted by atomic mass is 10.1. The van der Waals surface area contributed by atoms with E-state index in [4.69, 9.17) is 0 Å². The minimum atomic E-state index is -4.42. The monoisotopic (exact) mass is 379 g/mol. The molecule has 1 amide bonds. The molecule has 0 aliphatic carbocycles. The van der Waals surface area contributed by atoms with Gasteiger partial charge in [-0.2, -0.15) is 13.2 Å². The van der Waals surface area contributed by atoms with Crippen LogP contribution >= 0.6 is 0 Å². The lowest BCUT2D eigenvalue weighted by molar-refractivity contribution is -0.140. The first kappa shape index (κ1) is 17.4. The summed E-state index contributed by atoms with van der Waals surface area (Å²) in [4.78, 5) is 25.7. The second-order valence-electron chi connectivity index (χ2n) is 6.52. The Morgan fingerprint density at radius 1 is 1.41 bits per heavy atom. The van der Waals surface area contributed by atoms with Crippen LogP contribution in [0.4, 0.5) is 19.0 Å². The second-order valence-corrected chi connectivity index (χ2v) is 6.52. The number of carbonyl (C=O) groups excluding carboxylic acids is 1. The molecule has 0 bridgehead atoms. The molecule has 3 aromatic heterocycles.